The smallest absolute Gasteiger partial charge is 0.131 e. The van der Waals surface area contributed by atoms with Crippen LogP contribution in [-0.2, 0) is 0 Å². The molecule has 0 spiro atoms. The summed E-state index contributed by atoms with van der Waals surface area (Å²) in [6.45, 7) is 4.17. The van der Waals surface area contributed by atoms with E-state index in [0.29, 0.717) is 0 Å². The Balaban J connectivity index is 2.94. The van der Waals surface area contributed by atoms with Gasteiger partial charge in [0, 0.05) is 11.1 Å². The Morgan fingerprint density at radius 3 is 2.69 bits per heavy atom. The van der Waals surface area contributed by atoms with E-state index in [0.717, 1.165) is 14.7 Å². The van der Waals surface area contributed by atoms with E-state index in [-0.39, 0.29) is 0 Å². The van der Waals surface area contributed by atoms with Crippen LogP contribution in [0.2, 0.25) is 0 Å². The lowest BCUT2D eigenvalue weighted by Crippen LogP contribution is -1.79. The van der Waals surface area contributed by atoms with Gasteiger partial charge >= 0.3 is 0 Å². The first-order valence-corrected chi connectivity index (χ1v) is 5.49. The maximum absolute atomic E-state index is 4.26. The van der Waals surface area contributed by atoms with E-state index in [4.69, 9.17) is 0 Å². The Kier molecular flexibility index (Phi) is 2.20. The lowest BCUT2D eigenvalue weighted by atomic mass is 10.2. The summed E-state index contributed by atoms with van der Waals surface area (Å²) < 4.78 is 1.71. The lowest BCUT2D eigenvalue weighted by Gasteiger charge is -1.95. The van der Waals surface area contributed by atoms with Gasteiger partial charge in [-0.1, -0.05) is 0 Å². The quantitative estimate of drug-likeness (QED) is 0.739. The highest BCUT2D eigenvalue weighted by molar-refractivity contribution is 9.11. The molecule has 2 aromatic heterocycles. The average Bonchev–Trinajstić information content (AvgIpc) is 2.32. The summed E-state index contributed by atoms with van der Waals surface area (Å²) in [5, 5.41) is 1.21. The Morgan fingerprint density at radius 1 is 1.31 bits per heavy atom. The normalized spacial score (nSPS) is 11.1. The molecule has 4 heteroatoms. The van der Waals surface area contributed by atoms with Crippen LogP contribution in [0.4, 0.5) is 0 Å². The second-order valence-electron chi connectivity index (χ2n) is 3.03. The van der Waals surface area contributed by atoms with E-state index >= 15 is 0 Å². The third-order valence-electron chi connectivity index (χ3n) is 2.22. The molecule has 0 aliphatic rings. The highest BCUT2D eigenvalue weighted by Crippen LogP contribution is 2.28. The van der Waals surface area contributed by atoms with Gasteiger partial charge < -0.3 is 4.98 Å². The van der Waals surface area contributed by atoms with Crippen LogP contribution >= 0.6 is 31.9 Å². The molecule has 2 aromatic rings. The summed E-state index contributed by atoms with van der Waals surface area (Å²) in [6, 6.07) is 2.03. The number of aromatic nitrogens is 2. The standard InChI is InChI=1S/C9H8Br2N2/c1-4-5(2)12-8-6(4)3-7(10)13-9(8)11/h3,12H,1-2H3. The van der Waals surface area contributed by atoms with Gasteiger partial charge in [0.1, 0.15) is 9.21 Å². The molecule has 68 valence electrons. The average molecular weight is 304 g/mol. The van der Waals surface area contributed by atoms with Gasteiger partial charge in [-0.2, -0.15) is 0 Å². The number of nitrogens with one attached hydrogen (secondary N) is 1. The predicted octanol–water partition coefficient (Wildman–Crippen LogP) is 3.70. The summed E-state index contributed by atoms with van der Waals surface area (Å²) in [7, 11) is 0. The van der Waals surface area contributed by atoms with Crippen molar-refractivity contribution >= 4 is 42.8 Å². The third kappa shape index (κ3) is 1.42. The van der Waals surface area contributed by atoms with Crippen LogP contribution in [-0.4, -0.2) is 9.97 Å². The maximum Gasteiger partial charge on any atom is 0.131 e. The van der Waals surface area contributed by atoms with E-state index in [1.54, 1.807) is 0 Å². The molecule has 0 fully saturated rings. The molecule has 2 nitrogen and oxygen atoms in total. The molecule has 0 unspecified atom stereocenters. The molecule has 2 rings (SSSR count). The summed E-state index contributed by atoms with van der Waals surface area (Å²) >= 11 is 6.79. The van der Waals surface area contributed by atoms with Crippen LogP contribution in [0.25, 0.3) is 10.9 Å². The molecule has 0 amide bonds. The number of H-pyrrole nitrogens is 1. The second-order valence-corrected chi connectivity index (χ2v) is 4.60. The van der Waals surface area contributed by atoms with E-state index in [1.807, 2.05) is 6.07 Å². The fourth-order valence-corrected chi connectivity index (χ4v) is 2.53. The largest absolute Gasteiger partial charge is 0.356 e. The van der Waals surface area contributed by atoms with Crippen molar-refractivity contribution in [3.8, 4) is 0 Å². The summed E-state index contributed by atoms with van der Waals surface area (Å²) in [6.07, 6.45) is 0. The van der Waals surface area contributed by atoms with Crippen molar-refractivity contribution in [1.82, 2.24) is 9.97 Å². The summed E-state index contributed by atoms with van der Waals surface area (Å²) in [5.41, 5.74) is 3.53. The minimum atomic E-state index is 0.855. The molecule has 0 aliphatic carbocycles. The molecule has 0 atom stereocenters. The van der Waals surface area contributed by atoms with Crippen LogP contribution < -0.4 is 0 Å². The molecular formula is C9H8Br2N2. The first-order valence-electron chi connectivity index (χ1n) is 3.90. The fraction of sp³-hybridized carbons (Fsp3) is 0.222. The fourth-order valence-electron chi connectivity index (χ4n) is 1.38. The molecule has 0 radical (unpaired) electrons. The van der Waals surface area contributed by atoms with Crippen LogP contribution in [0.5, 0.6) is 0 Å². The summed E-state index contributed by atoms with van der Waals surface area (Å²) in [5.74, 6) is 0. The highest BCUT2D eigenvalue weighted by Gasteiger charge is 2.08. The SMILES string of the molecule is Cc1[nH]c2c(Br)nc(Br)cc2c1C. The van der Waals surface area contributed by atoms with Gasteiger partial charge in [-0.05, 0) is 57.3 Å². The van der Waals surface area contributed by atoms with Crippen LogP contribution in [0.3, 0.4) is 0 Å². The zero-order chi connectivity index (χ0) is 9.59. The number of fused-ring (bicyclic) bond motifs is 1. The molecule has 0 aromatic carbocycles. The highest BCUT2D eigenvalue weighted by atomic mass is 79.9. The molecule has 0 saturated carbocycles. The van der Waals surface area contributed by atoms with E-state index in [9.17, 15) is 0 Å². The van der Waals surface area contributed by atoms with Gasteiger partial charge in [-0.3, -0.25) is 0 Å². The minimum absolute atomic E-state index is 0.855. The number of halogens is 2. The molecule has 0 saturated heterocycles. The Morgan fingerprint density at radius 2 is 2.00 bits per heavy atom. The topological polar surface area (TPSA) is 28.7 Å². The molecule has 2 heterocycles. The molecule has 0 aliphatic heterocycles. The number of hydrogen-bond acceptors (Lipinski definition) is 1. The van der Waals surface area contributed by atoms with Crippen molar-refractivity contribution in [3.05, 3.63) is 26.5 Å². The van der Waals surface area contributed by atoms with E-state index < -0.39 is 0 Å². The van der Waals surface area contributed by atoms with Crippen LogP contribution in [0.1, 0.15) is 11.3 Å². The zero-order valence-corrected chi connectivity index (χ0v) is 10.5. The van der Waals surface area contributed by atoms with E-state index in [2.05, 4.69) is 55.7 Å². The lowest BCUT2D eigenvalue weighted by molar-refractivity contribution is 1.22. The minimum Gasteiger partial charge on any atom is -0.356 e. The predicted molar refractivity (Wildman–Crippen MR) is 61.0 cm³/mol. The van der Waals surface area contributed by atoms with Gasteiger partial charge in [0.15, 0.2) is 0 Å². The zero-order valence-electron chi connectivity index (χ0n) is 7.28. The molecule has 1 N–H and O–H groups in total. The number of rotatable bonds is 0. The Hall–Kier alpha value is -0.350. The third-order valence-corrected chi connectivity index (χ3v) is 3.20. The first kappa shape index (κ1) is 9.21. The van der Waals surface area contributed by atoms with Gasteiger partial charge in [0.2, 0.25) is 0 Å². The van der Waals surface area contributed by atoms with Crippen molar-refractivity contribution < 1.29 is 0 Å². The van der Waals surface area contributed by atoms with Crippen molar-refractivity contribution in [1.29, 1.82) is 0 Å². The number of pyridine rings is 1. The molecule has 13 heavy (non-hydrogen) atoms. The van der Waals surface area contributed by atoms with Gasteiger partial charge in [0.25, 0.3) is 0 Å². The van der Waals surface area contributed by atoms with Gasteiger partial charge in [-0.15, -0.1) is 0 Å². The number of aryl methyl sites for hydroxylation is 2. The Labute approximate surface area is 93.0 Å². The monoisotopic (exact) mass is 302 g/mol. The van der Waals surface area contributed by atoms with Crippen molar-refractivity contribution in [3.63, 3.8) is 0 Å². The van der Waals surface area contributed by atoms with Crippen molar-refractivity contribution in [2.75, 3.05) is 0 Å². The Bertz CT molecular complexity index is 474. The maximum atomic E-state index is 4.26. The van der Waals surface area contributed by atoms with Crippen LogP contribution in [0, 0.1) is 13.8 Å². The second kappa shape index (κ2) is 3.10. The van der Waals surface area contributed by atoms with E-state index in [1.165, 1.54) is 16.6 Å². The summed E-state index contributed by atoms with van der Waals surface area (Å²) in [4.78, 5) is 7.55. The van der Waals surface area contributed by atoms with Gasteiger partial charge in [-0.25, -0.2) is 4.98 Å². The molecular weight excluding hydrogens is 296 g/mol. The van der Waals surface area contributed by atoms with Crippen LogP contribution in [0.15, 0.2) is 15.3 Å². The van der Waals surface area contributed by atoms with Crippen molar-refractivity contribution in [2.24, 2.45) is 0 Å². The number of hydrogen-bond donors (Lipinski definition) is 1. The van der Waals surface area contributed by atoms with Crippen molar-refractivity contribution in [2.45, 2.75) is 13.8 Å². The first-order chi connectivity index (χ1) is 6.09. The molecule has 0 bridgehead atoms. The number of nitrogens with zero attached hydrogens (tertiary/aromatic N) is 1. The van der Waals surface area contributed by atoms with Gasteiger partial charge in [0.05, 0.1) is 5.52 Å². The number of aromatic amines is 1.